The fourth-order valence-corrected chi connectivity index (χ4v) is 4.75. The van der Waals surface area contributed by atoms with Gasteiger partial charge in [0.25, 0.3) is 0 Å². The van der Waals surface area contributed by atoms with Crippen molar-refractivity contribution in [3.05, 3.63) is 94.6 Å². The molecule has 166 valence electrons. The van der Waals surface area contributed by atoms with Crippen molar-refractivity contribution in [2.24, 2.45) is 11.3 Å². The molecule has 1 heterocycles. The van der Waals surface area contributed by atoms with Crippen LogP contribution in [0.5, 0.6) is 0 Å². The van der Waals surface area contributed by atoms with Gasteiger partial charge < -0.3 is 10.1 Å². The predicted molar refractivity (Wildman–Crippen MR) is 121 cm³/mol. The molecule has 1 N–H and O–H groups in total. The highest BCUT2D eigenvalue weighted by atomic mass is 19.1. The average molecular weight is 434 g/mol. The van der Waals surface area contributed by atoms with E-state index in [2.05, 4.69) is 11.4 Å². The van der Waals surface area contributed by atoms with Gasteiger partial charge in [0.2, 0.25) is 0 Å². The molecule has 0 bridgehead atoms. The molecule has 32 heavy (non-hydrogen) atoms. The summed E-state index contributed by atoms with van der Waals surface area (Å²) in [6, 6.07) is 15.9. The number of hydrogen-bond donors (Lipinski definition) is 1. The number of rotatable bonds is 5. The van der Waals surface area contributed by atoms with Crippen molar-refractivity contribution in [1.29, 1.82) is 0 Å². The third-order valence-electron chi connectivity index (χ3n) is 6.15. The van der Waals surface area contributed by atoms with E-state index in [1.807, 2.05) is 51.1 Å². The summed E-state index contributed by atoms with van der Waals surface area (Å²) >= 11 is 0. The second kappa shape index (κ2) is 8.73. The number of Topliss-reactive ketones (excluding diaryl/α,β-unsaturated/α-hetero) is 1. The summed E-state index contributed by atoms with van der Waals surface area (Å²) in [5.41, 5.74) is 3.44. The smallest absolute Gasteiger partial charge is 0.336 e. The highest BCUT2D eigenvalue weighted by molar-refractivity contribution is 5.96. The van der Waals surface area contributed by atoms with Crippen molar-refractivity contribution in [3.8, 4) is 0 Å². The van der Waals surface area contributed by atoms with Crippen LogP contribution in [0.15, 0.2) is 77.6 Å². The summed E-state index contributed by atoms with van der Waals surface area (Å²) in [5.74, 6) is -1.78. The van der Waals surface area contributed by atoms with Crippen LogP contribution in [-0.2, 0) is 20.7 Å². The molecule has 0 spiro atoms. The molecule has 2 unspecified atom stereocenters. The van der Waals surface area contributed by atoms with Crippen molar-refractivity contribution < 1.29 is 18.7 Å². The zero-order chi connectivity index (χ0) is 22.9. The number of carbonyl (C=O) groups excluding carboxylic acids is 2. The molecule has 0 saturated carbocycles. The Morgan fingerprint density at radius 2 is 1.78 bits per heavy atom. The first-order valence-corrected chi connectivity index (χ1v) is 10.9. The lowest BCUT2D eigenvalue weighted by Gasteiger charge is -2.41. The maximum absolute atomic E-state index is 13.6. The van der Waals surface area contributed by atoms with Crippen molar-refractivity contribution in [3.63, 3.8) is 0 Å². The van der Waals surface area contributed by atoms with Crippen LogP contribution in [0.3, 0.4) is 0 Å². The minimum Gasteiger partial charge on any atom is -0.462 e. The highest BCUT2D eigenvalue weighted by Gasteiger charge is 2.46. The Hall–Kier alpha value is -3.21. The number of allylic oxidation sites excluding steroid dienone is 3. The first-order valence-electron chi connectivity index (χ1n) is 10.9. The fourth-order valence-electron chi connectivity index (χ4n) is 4.75. The van der Waals surface area contributed by atoms with Gasteiger partial charge in [-0.25, -0.2) is 9.18 Å². The number of benzene rings is 2. The summed E-state index contributed by atoms with van der Waals surface area (Å²) in [7, 11) is 0. The third-order valence-corrected chi connectivity index (χ3v) is 6.15. The molecule has 0 fully saturated rings. The van der Waals surface area contributed by atoms with E-state index >= 15 is 0 Å². The Labute approximate surface area is 188 Å². The predicted octanol–water partition coefficient (Wildman–Crippen LogP) is 5.07. The van der Waals surface area contributed by atoms with Gasteiger partial charge in [-0.3, -0.25) is 4.79 Å². The largest absolute Gasteiger partial charge is 0.462 e. The Bertz CT molecular complexity index is 1080. The SMILES string of the molecule is CC1=C(C(=O)OCCc2ccccc2)C(c2ccc(F)cc2)C2C(=O)CC(C)(C)C=C2N1. The number of nitrogens with one attached hydrogen (secondary N) is 1. The van der Waals surface area contributed by atoms with Crippen molar-refractivity contribution in [2.45, 2.75) is 39.5 Å². The Kier molecular flexibility index (Phi) is 6.00. The monoisotopic (exact) mass is 433 g/mol. The average Bonchev–Trinajstić information content (AvgIpc) is 2.73. The second-order valence-electron chi connectivity index (χ2n) is 9.27. The van der Waals surface area contributed by atoms with Gasteiger partial charge in [-0.05, 0) is 35.6 Å². The molecule has 1 aliphatic carbocycles. The van der Waals surface area contributed by atoms with Crippen LogP contribution in [0.2, 0.25) is 0 Å². The molecule has 1 aliphatic heterocycles. The third kappa shape index (κ3) is 4.52. The van der Waals surface area contributed by atoms with Crippen molar-refractivity contribution >= 4 is 11.8 Å². The van der Waals surface area contributed by atoms with Gasteiger partial charge in [0.05, 0.1) is 18.1 Å². The summed E-state index contributed by atoms with van der Waals surface area (Å²) < 4.78 is 19.3. The molecule has 0 amide bonds. The van der Waals surface area contributed by atoms with E-state index in [-0.39, 0.29) is 23.6 Å². The lowest BCUT2D eigenvalue weighted by atomic mass is 9.66. The molecule has 5 heteroatoms. The quantitative estimate of drug-likeness (QED) is 0.669. The van der Waals surface area contributed by atoms with E-state index in [0.717, 1.165) is 16.8 Å². The maximum Gasteiger partial charge on any atom is 0.336 e. The van der Waals surface area contributed by atoms with Crippen LogP contribution in [0.4, 0.5) is 4.39 Å². The first kappa shape index (κ1) is 22.0. The number of esters is 1. The van der Waals surface area contributed by atoms with Gasteiger partial charge in [0.1, 0.15) is 11.6 Å². The number of ketones is 1. The number of fused-ring (bicyclic) bond motifs is 1. The Morgan fingerprint density at radius 1 is 1.09 bits per heavy atom. The second-order valence-corrected chi connectivity index (χ2v) is 9.27. The van der Waals surface area contributed by atoms with Gasteiger partial charge in [-0.1, -0.05) is 62.4 Å². The first-order chi connectivity index (χ1) is 15.2. The molecule has 0 saturated heterocycles. The van der Waals surface area contributed by atoms with E-state index in [9.17, 15) is 14.0 Å². The summed E-state index contributed by atoms with van der Waals surface area (Å²) in [6.07, 6.45) is 3.07. The maximum atomic E-state index is 13.6. The fraction of sp³-hybridized carbons (Fsp3) is 0.333. The van der Waals surface area contributed by atoms with Crippen LogP contribution < -0.4 is 5.32 Å². The molecule has 0 radical (unpaired) electrons. The summed E-state index contributed by atoms with van der Waals surface area (Å²) in [6.45, 7) is 6.11. The Morgan fingerprint density at radius 3 is 2.47 bits per heavy atom. The lowest BCUT2D eigenvalue weighted by Crippen LogP contribution is -2.43. The molecule has 4 rings (SSSR count). The molecule has 2 aliphatic rings. The minimum absolute atomic E-state index is 0.0661. The Balaban J connectivity index is 1.67. The van der Waals surface area contributed by atoms with E-state index in [1.54, 1.807) is 12.1 Å². The molecular weight excluding hydrogens is 405 g/mol. The molecule has 2 aromatic rings. The molecule has 0 aromatic heterocycles. The topological polar surface area (TPSA) is 55.4 Å². The van der Waals surface area contributed by atoms with Gasteiger partial charge in [-0.2, -0.15) is 0 Å². The number of carbonyl (C=O) groups is 2. The van der Waals surface area contributed by atoms with E-state index < -0.39 is 17.8 Å². The number of hydrogen-bond acceptors (Lipinski definition) is 4. The van der Waals surface area contributed by atoms with Gasteiger partial charge in [-0.15, -0.1) is 0 Å². The zero-order valence-corrected chi connectivity index (χ0v) is 18.7. The molecule has 2 atom stereocenters. The molecular formula is C27H28FNO3. The number of halogens is 1. The normalized spacial score (nSPS) is 22.0. The summed E-state index contributed by atoms with van der Waals surface area (Å²) in [4.78, 5) is 26.5. The van der Waals surface area contributed by atoms with Crippen molar-refractivity contribution in [1.82, 2.24) is 5.32 Å². The van der Waals surface area contributed by atoms with Gasteiger partial charge in [0, 0.05) is 30.2 Å². The lowest BCUT2D eigenvalue weighted by molar-refractivity contribution is -0.139. The summed E-state index contributed by atoms with van der Waals surface area (Å²) in [5, 5.41) is 3.30. The van der Waals surface area contributed by atoms with Crippen LogP contribution in [0.25, 0.3) is 0 Å². The van der Waals surface area contributed by atoms with E-state index in [4.69, 9.17) is 4.74 Å². The van der Waals surface area contributed by atoms with E-state index in [0.29, 0.717) is 24.1 Å². The van der Waals surface area contributed by atoms with E-state index in [1.165, 1.54) is 12.1 Å². The van der Waals surface area contributed by atoms with Gasteiger partial charge >= 0.3 is 5.97 Å². The van der Waals surface area contributed by atoms with Gasteiger partial charge in [0.15, 0.2) is 0 Å². The van der Waals surface area contributed by atoms with Crippen molar-refractivity contribution in [2.75, 3.05) is 6.61 Å². The molecule has 2 aromatic carbocycles. The standard InChI is InChI=1S/C27H28FNO3/c1-17-23(26(31)32-14-13-18-7-5-4-6-8-18)24(19-9-11-20(28)12-10-19)25-21(29-17)15-27(2,3)16-22(25)30/h4-12,15,24-25,29H,13-14,16H2,1-3H3. The van der Waals surface area contributed by atoms with Crippen LogP contribution in [-0.4, -0.2) is 18.4 Å². The zero-order valence-electron chi connectivity index (χ0n) is 18.7. The van der Waals surface area contributed by atoms with Crippen LogP contribution in [0, 0.1) is 17.2 Å². The molecule has 4 nitrogen and oxygen atoms in total. The van der Waals surface area contributed by atoms with Crippen LogP contribution in [0.1, 0.15) is 44.2 Å². The number of ether oxygens (including phenoxy) is 1. The minimum atomic E-state index is -0.520. The highest BCUT2D eigenvalue weighted by Crippen LogP contribution is 2.46. The van der Waals surface area contributed by atoms with Crippen LogP contribution >= 0.6 is 0 Å².